The Morgan fingerprint density at radius 1 is 0.714 bits per heavy atom. The minimum Gasteiger partial charge on any atom is -0.541 e. The number of rotatable bonds is 4. The van der Waals surface area contributed by atoms with Gasteiger partial charge in [-0.1, -0.05) is 41.5 Å². The highest BCUT2D eigenvalue weighted by molar-refractivity contribution is 6.75. The Morgan fingerprint density at radius 2 is 1.00 bits per heavy atom. The van der Waals surface area contributed by atoms with E-state index >= 15 is 0 Å². The number of allylic oxidation sites excluding steroid dienone is 2. The van der Waals surface area contributed by atoms with Crippen LogP contribution in [0.3, 0.4) is 0 Å². The number of hydrogen-bond donors (Lipinski definition) is 0. The Kier molecular flexibility index (Phi) is 4.96. The monoisotopic (exact) mass is 326 g/mol. The van der Waals surface area contributed by atoms with Crippen LogP contribution in [0.25, 0.3) is 0 Å². The van der Waals surface area contributed by atoms with Gasteiger partial charge in [0.2, 0.25) is 0 Å². The average Bonchev–Trinajstić information content (AvgIpc) is 2.60. The lowest BCUT2D eigenvalue weighted by Crippen LogP contribution is -2.43. The van der Waals surface area contributed by atoms with Gasteiger partial charge in [0.05, 0.1) is 0 Å². The van der Waals surface area contributed by atoms with Crippen LogP contribution in [0.1, 0.15) is 48.0 Å². The smallest absolute Gasteiger partial charge is 0.250 e. The van der Waals surface area contributed by atoms with Gasteiger partial charge in [0.25, 0.3) is 16.6 Å². The van der Waals surface area contributed by atoms with Crippen LogP contribution in [0.5, 0.6) is 0 Å². The average molecular weight is 327 g/mol. The zero-order valence-electron chi connectivity index (χ0n) is 15.7. The highest BCUT2D eigenvalue weighted by Crippen LogP contribution is 2.43. The molecule has 0 radical (unpaired) electrons. The van der Waals surface area contributed by atoms with Crippen molar-refractivity contribution in [2.24, 2.45) is 0 Å². The van der Waals surface area contributed by atoms with Crippen molar-refractivity contribution in [3.8, 4) is 0 Å². The molecule has 0 aromatic carbocycles. The van der Waals surface area contributed by atoms with Gasteiger partial charge < -0.3 is 8.85 Å². The van der Waals surface area contributed by atoms with E-state index < -0.39 is 16.6 Å². The van der Waals surface area contributed by atoms with Crippen molar-refractivity contribution in [3.63, 3.8) is 0 Å². The third-order valence-corrected chi connectivity index (χ3v) is 13.9. The standard InChI is InChI=1S/C17H34O2Si2/c1-16(2,3)20(7,8)18-14-12-11-13-15(14)19-21(9,10)17(4,5)6/h12-13H,11H2,1-10H3. The van der Waals surface area contributed by atoms with Gasteiger partial charge in [-0.05, 0) is 54.8 Å². The summed E-state index contributed by atoms with van der Waals surface area (Å²) in [5.74, 6) is 1.96. The first-order valence-corrected chi connectivity index (χ1v) is 13.8. The van der Waals surface area contributed by atoms with Gasteiger partial charge >= 0.3 is 0 Å². The lowest BCUT2D eigenvalue weighted by Gasteiger charge is -2.40. The van der Waals surface area contributed by atoms with Gasteiger partial charge in [-0.15, -0.1) is 0 Å². The zero-order valence-corrected chi connectivity index (χ0v) is 17.7. The van der Waals surface area contributed by atoms with E-state index in [2.05, 4.69) is 79.9 Å². The first kappa shape index (κ1) is 18.6. The SMILES string of the molecule is CC(C)(C)[Si](C)(C)OC1=CCC=C1O[Si](C)(C)C(C)(C)C. The van der Waals surface area contributed by atoms with Crippen molar-refractivity contribution in [2.45, 2.75) is 84.2 Å². The van der Waals surface area contributed by atoms with E-state index in [0.717, 1.165) is 17.9 Å². The predicted octanol–water partition coefficient (Wildman–Crippen LogP) is 6.20. The van der Waals surface area contributed by atoms with Crippen LogP contribution in [0.2, 0.25) is 36.3 Å². The Labute approximate surface area is 133 Å². The molecule has 2 nitrogen and oxygen atoms in total. The van der Waals surface area contributed by atoms with Gasteiger partial charge in [-0.3, -0.25) is 0 Å². The van der Waals surface area contributed by atoms with Crippen molar-refractivity contribution < 1.29 is 8.85 Å². The molecular formula is C17H34O2Si2. The molecule has 0 aliphatic heterocycles. The summed E-state index contributed by atoms with van der Waals surface area (Å²) < 4.78 is 12.9. The van der Waals surface area contributed by atoms with Gasteiger partial charge in [-0.2, -0.15) is 0 Å². The van der Waals surface area contributed by atoms with Gasteiger partial charge in [0.15, 0.2) is 0 Å². The molecule has 0 spiro atoms. The van der Waals surface area contributed by atoms with Crippen LogP contribution in [0.15, 0.2) is 23.7 Å². The molecule has 0 N–H and O–H groups in total. The van der Waals surface area contributed by atoms with Crippen LogP contribution in [0, 0.1) is 0 Å². The minimum absolute atomic E-state index is 0.207. The molecule has 0 heterocycles. The molecule has 0 bridgehead atoms. The lowest BCUT2D eigenvalue weighted by atomic mass is 10.2. The van der Waals surface area contributed by atoms with E-state index in [9.17, 15) is 0 Å². The summed E-state index contributed by atoms with van der Waals surface area (Å²) in [5.41, 5.74) is 0. The molecule has 0 aromatic heterocycles. The summed E-state index contributed by atoms with van der Waals surface area (Å²) in [7, 11) is -3.61. The van der Waals surface area contributed by atoms with Crippen LogP contribution >= 0.6 is 0 Å². The van der Waals surface area contributed by atoms with Crippen LogP contribution in [-0.2, 0) is 8.85 Å². The normalized spacial score (nSPS) is 17.4. The third-order valence-electron chi connectivity index (χ3n) is 5.19. The van der Waals surface area contributed by atoms with Gasteiger partial charge in [0, 0.05) is 0 Å². The summed E-state index contributed by atoms with van der Waals surface area (Å²) in [4.78, 5) is 0. The maximum absolute atomic E-state index is 6.46. The fraction of sp³-hybridized carbons (Fsp3) is 0.765. The second kappa shape index (κ2) is 5.61. The minimum atomic E-state index is -1.81. The molecule has 4 heteroatoms. The number of hydrogen-bond acceptors (Lipinski definition) is 2. The molecule has 0 aromatic rings. The van der Waals surface area contributed by atoms with Crippen molar-refractivity contribution in [1.82, 2.24) is 0 Å². The molecule has 0 saturated carbocycles. The van der Waals surface area contributed by atoms with E-state index in [4.69, 9.17) is 8.85 Å². The highest BCUT2D eigenvalue weighted by Gasteiger charge is 2.43. The van der Waals surface area contributed by atoms with Gasteiger partial charge in [0.1, 0.15) is 11.5 Å². The van der Waals surface area contributed by atoms with Crippen molar-refractivity contribution in [2.75, 3.05) is 0 Å². The molecule has 122 valence electrons. The van der Waals surface area contributed by atoms with Crippen molar-refractivity contribution in [1.29, 1.82) is 0 Å². The zero-order chi connectivity index (χ0) is 16.7. The largest absolute Gasteiger partial charge is 0.541 e. The first-order chi connectivity index (χ1) is 9.17. The Bertz CT molecular complexity index is 404. The third kappa shape index (κ3) is 4.25. The van der Waals surface area contributed by atoms with Crippen LogP contribution in [-0.4, -0.2) is 16.6 Å². The lowest BCUT2D eigenvalue weighted by molar-refractivity contribution is 0.317. The van der Waals surface area contributed by atoms with E-state index in [1.807, 2.05) is 0 Å². The van der Waals surface area contributed by atoms with Crippen molar-refractivity contribution in [3.05, 3.63) is 23.7 Å². The van der Waals surface area contributed by atoms with Crippen LogP contribution in [0.4, 0.5) is 0 Å². The predicted molar refractivity (Wildman–Crippen MR) is 97.3 cm³/mol. The van der Waals surface area contributed by atoms with E-state index in [1.54, 1.807) is 0 Å². The molecule has 21 heavy (non-hydrogen) atoms. The second-order valence-electron chi connectivity index (χ2n) is 9.10. The fourth-order valence-electron chi connectivity index (χ4n) is 1.51. The van der Waals surface area contributed by atoms with Crippen molar-refractivity contribution >= 4 is 16.6 Å². The Balaban J connectivity index is 2.87. The summed E-state index contributed by atoms with van der Waals surface area (Å²) in [5, 5.41) is 0.414. The maximum atomic E-state index is 6.46. The van der Waals surface area contributed by atoms with Gasteiger partial charge in [-0.25, -0.2) is 0 Å². The molecule has 0 atom stereocenters. The molecule has 0 fully saturated rings. The van der Waals surface area contributed by atoms with E-state index in [1.165, 1.54) is 0 Å². The molecule has 1 aliphatic carbocycles. The Morgan fingerprint density at radius 3 is 1.24 bits per heavy atom. The maximum Gasteiger partial charge on any atom is 0.250 e. The molecule has 0 saturated heterocycles. The summed E-state index contributed by atoms with van der Waals surface area (Å²) in [6.45, 7) is 22.8. The molecule has 0 amide bonds. The highest BCUT2D eigenvalue weighted by atomic mass is 28.4. The molecule has 1 aliphatic rings. The molecular weight excluding hydrogens is 292 g/mol. The fourth-order valence-corrected chi connectivity index (χ4v) is 3.59. The van der Waals surface area contributed by atoms with E-state index in [0.29, 0.717) is 0 Å². The summed E-state index contributed by atoms with van der Waals surface area (Å²) >= 11 is 0. The Hall–Kier alpha value is -0.486. The quantitative estimate of drug-likeness (QED) is 0.572. The van der Waals surface area contributed by atoms with Crippen LogP contribution < -0.4 is 0 Å². The molecule has 1 rings (SSSR count). The second-order valence-corrected chi connectivity index (χ2v) is 18.5. The molecule has 0 unspecified atom stereocenters. The summed E-state index contributed by atoms with van der Waals surface area (Å²) in [6.07, 6.45) is 5.26. The van der Waals surface area contributed by atoms with E-state index in [-0.39, 0.29) is 10.1 Å². The first-order valence-electron chi connectivity index (χ1n) is 7.96. The topological polar surface area (TPSA) is 18.5 Å². The summed E-state index contributed by atoms with van der Waals surface area (Å²) in [6, 6.07) is 0.